The molecule has 5 aromatic rings. The largest absolute Gasteiger partial charge is 0.468 e. The first kappa shape index (κ1) is 26.8. The van der Waals surface area contributed by atoms with E-state index in [0.717, 1.165) is 35.1 Å². The summed E-state index contributed by atoms with van der Waals surface area (Å²) in [6.07, 6.45) is 3.36. The van der Waals surface area contributed by atoms with Gasteiger partial charge in [-0.05, 0) is 96.1 Å². The van der Waals surface area contributed by atoms with E-state index in [4.69, 9.17) is 16.0 Å². The molecule has 1 atom stereocenters. The van der Waals surface area contributed by atoms with E-state index in [2.05, 4.69) is 59.2 Å². The van der Waals surface area contributed by atoms with Gasteiger partial charge in [0.05, 0.1) is 18.3 Å². The highest BCUT2D eigenvalue weighted by molar-refractivity contribution is 6.30. The monoisotopic (exact) mass is 544 g/mol. The lowest BCUT2D eigenvalue weighted by molar-refractivity contribution is 0.168. The average Bonchev–Trinajstić information content (AvgIpc) is 3.63. The van der Waals surface area contributed by atoms with Crippen LogP contribution in [0.4, 0.5) is 0 Å². The SMILES string of the molecule is CCc1ccc2[nH]c(=O)c(C(c3nnnn3C(C)(C)CC)N(Cc3ccc(Cl)cc3)Cc3ccco3)cc2c1. The quantitative estimate of drug-likeness (QED) is 0.223. The fourth-order valence-corrected chi connectivity index (χ4v) is 4.93. The third-order valence-electron chi connectivity index (χ3n) is 7.42. The maximum absolute atomic E-state index is 13.8. The molecule has 0 aliphatic heterocycles. The number of fused-ring (bicyclic) bond motifs is 1. The lowest BCUT2D eigenvalue weighted by atomic mass is 9.98. The van der Waals surface area contributed by atoms with Crippen LogP contribution in [0, 0.1) is 0 Å². The molecule has 202 valence electrons. The second-order valence-electron chi connectivity index (χ2n) is 10.5. The minimum Gasteiger partial charge on any atom is -0.468 e. The van der Waals surface area contributed by atoms with Crippen molar-refractivity contribution in [2.24, 2.45) is 0 Å². The number of benzene rings is 2. The van der Waals surface area contributed by atoms with Crippen molar-refractivity contribution in [3.63, 3.8) is 0 Å². The minimum atomic E-state index is -0.565. The van der Waals surface area contributed by atoms with Gasteiger partial charge in [0, 0.05) is 22.6 Å². The van der Waals surface area contributed by atoms with E-state index in [1.54, 1.807) is 6.26 Å². The van der Waals surface area contributed by atoms with Gasteiger partial charge in [-0.3, -0.25) is 9.69 Å². The lowest BCUT2D eigenvalue weighted by Gasteiger charge is -2.33. The number of H-pyrrole nitrogens is 1. The zero-order valence-electron chi connectivity index (χ0n) is 22.7. The Morgan fingerprint density at radius 1 is 1.05 bits per heavy atom. The Kier molecular flexibility index (Phi) is 7.68. The summed E-state index contributed by atoms with van der Waals surface area (Å²) in [5, 5.41) is 14.6. The predicted molar refractivity (Wildman–Crippen MR) is 153 cm³/mol. The zero-order valence-corrected chi connectivity index (χ0v) is 23.4. The Bertz CT molecular complexity index is 1610. The molecule has 0 spiro atoms. The van der Waals surface area contributed by atoms with Crippen molar-refractivity contribution in [1.29, 1.82) is 0 Å². The van der Waals surface area contributed by atoms with Crippen LogP contribution in [0.25, 0.3) is 10.9 Å². The van der Waals surface area contributed by atoms with Gasteiger partial charge in [0.2, 0.25) is 0 Å². The fraction of sp³-hybridized carbons (Fsp3) is 0.333. The maximum atomic E-state index is 13.8. The maximum Gasteiger partial charge on any atom is 0.253 e. The van der Waals surface area contributed by atoms with Gasteiger partial charge in [-0.15, -0.1) is 5.10 Å². The van der Waals surface area contributed by atoms with Crippen LogP contribution in [0.15, 0.2) is 76.1 Å². The first-order chi connectivity index (χ1) is 18.8. The van der Waals surface area contributed by atoms with E-state index >= 15 is 0 Å². The van der Waals surface area contributed by atoms with Gasteiger partial charge in [-0.2, -0.15) is 0 Å². The van der Waals surface area contributed by atoms with Crippen molar-refractivity contribution in [2.75, 3.05) is 0 Å². The second-order valence-corrected chi connectivity index (χ2v) is 10.9. The van der Waals surface area contributed by atoms with Gasteiger partial charge >= 0.3 is 0 Å². The molecule has 0 fully saturated rings. The van der Waals surface area contributed by atoms with Crippen molar-refractivity contribution in [3.8, 4) is 0 Å². The Hall–Kier alpha value is -3.75. The number of furan rings is 1. The summed E-state index contributed by atoms with van der Waals surface area (Å²) in [6.45, 7) is 9.36. The van der Waals surface area contributed by atoms with Crippen LogP contribution < -0.4 is 5.56 Å². The van der Waals surface area contributed by atoms with Crippen molar-refractivity contribution in [3.05, 3.63) is 111 Å². The third-order valence-corrected chi connectivity index (χ3v) is 7.67. The summed E-state index contributed by atoms with van der Waals surface area (Å²) in [7, 11) is 0. The number of tetrazole rings is 1. The number of hydrogen-bond acceptors (Lipinski definition) is 6. The molecule has 1 unspecified atom stereocenters. The van der Waals surface area contributed by atoms with Gasteiger partial charge in [-0.1, -0.05) is 43.6 Å². The van der Waals surface area contributed by atoms with Crippen LogP contribution in [0.5, 0.6) is 0 Å². The first-order valence-corrected chi connectivity index (χ1v) is 13.6. The van der Waals surface area contributed by atoms with Crippen LogP contribution in [0.2, 0.25) is 5.02 Å². The molecule has 9 heteroatoms. The molecule has 0 bridgehead atoms. The van der Waals surface area contributed by atoms with Gasteiger partial charge in [-0.25, -0.2) is 4.68 Å². The first-order valence-electron chi connectivity index (χ1n) is 13.2. The van der Waals surface area contributed by atoms with E-state index in [9.17, 15) is 4.79 Å². The molecular weight excluding hydrogens is 512 g/mol. The number of aromatic nitrogens is 5. The molecule has 0 aliphatic carbocycles. The zero-order chi connectivity index (χ0) is 27.6. The van der Waals surface area contributed by atoms with Gasteiger partial charge in [0.15, 0.2) is 5.82 Å². The number of hydrogen-bond donors (Lipinski definition) is 1. The summed E-state index contributed by atoms with van der Waals surface area (Å²) in [6, 6.07) is 19.1. The molecule has 1 N–H and O–H groups in total. The van der Waals surface area contributed by atoms with E-state index in [1.165, 1.54) is 5.56 Å². The molecular formula is C30H33ClN6O2. The average molecular weight is 545 g/mol. The van der Waals surface area contributed by atoms with Crippen molar-refractivity contribution >= 4 is 22.5 Å². The summed E-state index contributed by atoms with van der Waals surface area (Å²) in [5.41, 5.74) is 3.05. The van der Waals surface area contributed by atoms with Crippen LogP contribution >= 0.6 is 11.6 Å². The molecule has 3 heterocycles. The standard InChI is InChI=1S/C30H33ClN6O2/c1-5-20-11-14-26-22(16-20)17-25(29(38)32-26)27(28-33-34-35-37(28)30(3,4)6-2)36(19-24-8-7-15-39-24)18-21-9-12-23(31)13-10-21/h7-17,27H,5-6,18-19H2,1-4H3,(H,32,38). The van der Waals surface area contributed by atoms with Gasteiger partial charge in [0.1, 0.15) is 11.8 Å². The molecule has 0 aliphatic rings. The Labute approximate surface area is 232 Å². The number of pyridine rings is 1. The van der Waals surface area contributed by atoms with Crippen LogP contribution in [0.1, 0.15) is 68.4 Å². The number of rotatable bonds is 10. The van der Waals surface area contributed by atoms with Crippen LogP contribution in [-0.4, -0.2) is 30.1 Å². The molecule has 0 amide bonds. The summed E-state index contributed by atoms with van der Waals surface area (Å²) >= 11 is 6.19. The number of nitrogens with one attached hydrogen (secondary N) is 1. The Morgan fingerprint density at radius 2 is 1.82 bits per heavy atom. The highest BCUT2D eigenvalue weighted by atomic mass is 35.5. The number of halogens is 1. The highest BCUT2D eigenvalue weighted by Gasteiger charge is 2.35. The van der Waals surface area contributed by atoms with E-state index in [0.29, 0.717) is 29.5 Å². The molecule has 2 aromatic carbocycles. The molecule has 5 rings (SSSR count). The minimum absolute atomic E-state index is 0.179. The van der Waals surface area contributed by atoms with Crippen molar-refractivity contribution < 1.29 is 4.42 Å². The molecule has 8 nitrogen and oxygen atoms in total. The second kappa shape index (κ2) is 11.2. The molecule has 0 saturated heterocycles. The Morgan fingerprint density at radius 3 is 2.51 bits per heavy atom. The van der Waals surface area contributed by atoms with Crippen molar-refractivity contribution in [2.45, 2.75) is 65.2 Å². The normalized spacial score (nSPS) is 12.9. The summed E-state index contributed by atoms with van der Waals surface area (Å²) < 4.78 is 7.61. The summed E-state index contributed by atoms with van der Waals surface area (Å²) in [5.74, 6) is 1.37. The molecule has 0 saturated carbocycles. The van der Waals surface area contributed by atoms with Crippen molar-refractivity contribution in [1.82, 2.24) is 30.1 Å². The van der Waals surface area contributed by atoms with Crippen LogP contribution in [-0.2, 0) is 25.0 Å². The van der Waals surface area contributed by atoms with Gasteiger partial charge < -0.3 is 9.40 Å². The predicted octanol–water partition coefficient (Wildman–Crippen LogP) is 6.26. The van der Waals surface area contributed by atoms with E-state index in [-0.39, 0.29) is 11.1 Å². The van der Waals surface area contributed by atoms with E-state index < -0.39 is 6.04 Å². The topological polar surface area (TPSA) is 92.8 Å². The number of nitrogens with zero attached hydrogens (tertiary/aromatic N) is 5. The molecule has 0 radical (unpaired) electrons. The van der Waals surface area contributed by atoms with E-state index in [1.807, 2.05) is 59.3 Å². The molecule has 39 heavy (non-hydrogen) atoms. The number of aryl methyl sites for hydroxylation is 1. The Balaban J connectivity index is 1.73. The lowest BCUT2D eigenvalue weighted by Crippen LogP contribution is -2.38. The van der Waals surface area contributed by atoms with Crippen LogP contribution in [0.3, 0.4) is 0 Å². The fourth-order valence-electron chi connectivity index (χ4n) is 4.81. The third kappa shape index (κ3) is 5.67. The summed E-state index contributed by atoms with van der Waals surface area (Å²) in [4.78, 5) is 19.0. The highest BCUT2D eigenvalue weighted by Crippen LogP contribution is 2.33. The van der Waals surface area contributed by atoms with Gasteiger partial charge in [0.25, 0.3) is 5.56 Å². The number of aromatic amines is 1. The smallest absolute Gasteiger partial charge is 0.253 e. The molecule has 3 aromatic heterocycles.